The Morgan fingerprint density at radius 3 is 2.50 bits per heavy atom. The maximum absolute atomic E-state index is 12.7. The summed E-state index contributed by atoms with van der Waals surface area (Å²) in [5.41, 5.74) is 2.01. The summed E-state index contributed by atoms with van der Waals surface area (Å²) < 4.78 is 5.58. The van der Waals surface area contributed by atoms with Gasteiger partial charge in [0.1, 0.15) is 11.4 Å². The number of likely N-dealkylation sites (tertiary alicyclic amines) is 1. The molecule has 2 heterocycles. The smallest absolute Gasteiger partial charge is 0.416 e. The van der Waals surface area contributed by atoms with Crippen molar-refractivity contribution >= 4 is 11.9 Å². The average Bonchev–Trinajstić information content (AvgIpc) is 2.68. The SMILES string of the molecule is CC(C)N(C(=O)OC(C)(C)C)c1ccc(C2CCCCN2Cc2ccccc2)cn1. The van der Waals surface area contributed by atoms with E-state index in [4.69, 9.17) is 4.74 Å². The van der Waals surface area contributed by atoms with E-state index >= 15 is 0 Å². The zero-order valence-electron chi connectivity index (χ0n) is 19.0. The number of pyridine rings is 1. The summed E-state index contributed by atoms with van der Waals surface area (Å²) >= 11 is 0. The Bertz CT molecular complexity index is 813. The van der Waals surface area contributed by atoms with Crippen LogP contribution in [0.1, 0.15) is 71.0 Å². The molecule has 1 aromatic heterocycles. The predicted octanol–water partition coefficient (Wildman–Crippen LogP) is 5.96. The molecule has 1 amide bonds. The number of carbonyl (C=O) groups is 1. The lowest BCUT2D eigenvalue weighted by atomic mass is 9.95. The lowest BCUT2D eigenvalue weighted by Gasteiger charge is -2.36. The second kappa shape index (κ2) is 9.61. The topological polar surface area (TPSA) is 45.7 Å². The first-order valence-electron chi connectivity index (χ1n) is 11.0. The molecule has 162 valence electrons. The molecule has 3 rings (SSSR count). The van der Waals surface area contributed by atoms with E-state index in [0.29, 0.717) is 11.9 Å². The molecule has 1 unspecified atom stereocenters. The zero-order valence-corrected chi connectivity index (χ0v) is 19.0. The number of anilines is 1. The molecule has 0 aliphatic carbocycles. The number of amides is 1. The van der Waals surface area contributed by atoms with E-state index in [2.05, 4.69) is 46.3 Å². The van der Waals surface area contributed by atoms with E-state index in [-0.39, 0.29) is 12.1 Å². The standard InChI is InChI=1S/C25H35N3O2/c1-19(2)28(24(29)30-25(3,4)5)23-15-14-21(17-26-23)22-13-9-10-16-27(22)18-20-11-7-6-8-12-20/h6-8,11-12,14-15,17,19,22H,9-10,13,16,18H2,1-5H3. The fourth-order valence-electron chi connectivity index (χ4n) is 3.99. The maximum Gasteiger partial charge on any atom is 0.416 e. The van der Waals surface area contributed by atoms with Gasteiger partial charge in [0, 0.05) is 24.8 Å². The minimum absolute atomic E-state index is 0.0394. The Kier molecular flexibility index (Phi) is 7.14. The Labute approximate surface area is 181 Å². The van der Waals surface area contributed by atoms with Crippen LogP contribution in [0.4, 0.5) is 10.6 Å². The normalized spacial score (nSPS) is 17.7. The summed E-state index contributed by atoms with van der Waals surface area (Å²) in [6.07, 6.45) is 5.17. The quantitative estimate of drug-likeness (QED) is 0.611. The monoisotopic (exact) mass is 409 g/mol. The van der Waals surface area contributed by atoms with E-state index in [0.717, 1.165) is 19.5 Å². The van der Waals surface area contributed by atoms with Crippen LogP contribution >= 0.6 is 0 Å². The van der Waals surface area contributed by atoms with Gasteiger partial charge in [-0.15, -0.1) is 0 Å². The molecule has 1 aliphatic heterocycles. The third-order valence-corrected chi connectivity index (χ3v) is 5.35. The van der Waals surface area contributed by atoms with Crippen LogP contribution in [-0.4, -0.2) is 34.2 Å². The van der Waals surface area contributed by atoms with E-state index in [9.17, 15) is 4.79 Å². The number of aromatic nitrogens is 1. The molecule has 0 saturated carbocycles. The first-order chi connectivity index (χ1) is 14.2. The summed E-state index contributed by atoms with van der Waals surface area (Å²) in [4.78, 5) is 21.5. The number of carbonyl (C=O) groups excluding carboxylic acids is 1. The van der Waals surface area contributed by atoms with Gasteiger partial charge in [-0.05, 0) is 71.2 Å². The molecule has 0 spiro atoms. The maximum atomic E-state index is 12.7. The number of ether oxygens (including phenoxy) is 1. The van der Waals surface area contributed by atoms with E-state index in [1.807, 2.05) is 46.9 Å². The number of piperidine rings is 1. The highest BCUT2D eigenvalue weighted by Gasteiger charge is 2.28. The minimum Gasteiger partial charge on any atom is -0.443 e. The van der Waals surface area contributed by atoms with Crippen molar-refractivity contribution in [1.29, 1.82) is 0 Å². The van der Waals surface area contributed by atoms with Crippen LogP contribution in [0.15, 0.2) is 48.7 Å². The summed E-state index contributed by atoms with van der Waals surface area (Å²) in [5.74, 6) is 0.633. The summed E-state index contributed by atoms with van der Waals surface area (Å²) in [6.45, 7) is 11.6. The molecule has 5 nitrogen and oxygen atoms in total. The molecule has 1 atom stereocenters. The highest BCUT2D eigenvalue weighted by Crippen LogP contribution is 2.32. The van der Waals surface area contributed by atoms with E-state index in [1.54, 1.807) is 4.90 Å². The summed E-state index contributed by atoms with van der Waals surface area (Å²) in [7, 11) is 0. The molecule has 0 N–H and O–H groups in total. The van der Waals surface area contributed by atoms with Crippen LogP contribution in [0.25, 0.3) is 0 Å². The molecule has 5 heteroatoms. The second-order valence-electron chi connectivity index (χ2n) is 9.36. The van der Waals surface area contributed by atoms with Crippen LogP contribution in [-0.2, 0) is 11.3 Å². The van der Waals surface area contributed by atoms with Gasteiger partial charge in [-0.2, -0.15) is 0 Å². The second-order valence-corrected chi connectivity index (χ2v) is 9.36. The molecule has 1 aromatic carbocycles. The number of hydrogen-bond donors (Lipinski definition) is 0. The molecule has 0 radical (unpaired) electrons. The van der Waals surface area contributed by atoms with Crippen LogP contribution in [0.2, 0.25) is 0 Å². The molecule has 1 fully saturated rings. The number of nitrogens with zero attached hydrogens (tertiary/aromatic N) is 3. The Morgan fingerprint density at radius 2 is 1.90 bits per heavy atom. The molecule has 0 bridgehead atoms. The third kappa shape index (κ3) is 5.82. The van der Waals surface area contributed by atoms with Gasteiger partial charge in [0.2, 0.25) is 0 Å². The van der Waals surface area contributed by atoms with Crippen molar-refractivity contribution < 1.29 is 9.53 Å². The number of hydrogen-bond acceptors (Lipinski definition) is 4. The Hall–Kier alpha value is -2.40. The van der Waals surface area contributed by atoms with E-state index in [1.165, 1.54) is 24.0 Å². The highest BCUT2D eigenvalue weighted by atomic mass is 16.6. The molecule has 30 heavy (non-hydrogen) atoms. The first kappa shape index (κ1) is 22.3. The van der Waals surface area contributed by atoms with Crippen LogP contribution < -0.4 is 4.90 Å². The number of benzene rings is 1. The van der Waals surface area contributed by atoms with Gasteiger partial charge in [0.05, 0.1) is 0 Å². The Balaban J connectivity index is 1.77. The molecule has 2 aromatic rings. The van der Waals surface area contributed by atoms with Crippen molar-refractivity contribution in [1.82, 2.24) is 9.88 Å². The van der Waals surface area contributed by atoms with Gasteiger partial charge < -0.3 is 4.74 Å². The van der Waals surface area contributed by atoms with Gasteiger partial charge >= 0.3 is 6.09 Å². The zero-order chi connectivity index (χ0) is 21.7. The highest BCUT2D eigenvalue weighted by molar-refractivity contribution is 5.87. The molecule has 1 aliphatic rings. The van der Waals surface area contributed by atoms with Crippen LogP contribution in [0, 0.1) is 0 Å². The Morgan fingerprint density at radius 1 is 1.17 bits per heavy atom. The van der Waals surface area contributed by atoms with Crippen molar-refractivity contribution in [3.8, 4) is 0 Å². The molecular formula is C25H35N3O2. The van der Waals surface area contributed by atoms with Crippen LogP contribution in [0.5, 0.6) is 0 Å². The average molecular weight is 410 g/mol. The largest absolute Gasteiger partial charge is 0.443 e. The van der Waals surface area contributed by atoms with Crippen LogP contribution in [0.3, 0.4) is 0 Å². The van der Waals surface area contributed by atoms with Gasteiger partial charge in [-0.1, -0.05) is 42.8 Å². The van der Waals surface area contributed by atoms with Gasteiger partial charge in [0.15, 0.2) is 0 Å². The summed E-state index contributed by atoms with van der Waals surface area (Å²) in [6, 6.07) is 15.0. The summed E-state index contributed by atoms with van der Waals surface area (Å²) in [5, 5.41) is 0. The van der Waals surface area contributed by atoms with Crippen molar-refractivity contribution in [2.45, 2.75) is 78.1 Å². The third-order valence-electron chi connectivity index (χ3n) is 5.35. The first-order valence-corrected chi connectivity index (χ1v) is 11.0. The van der Waals surface area contributed by atoms with Gasteiger partial charge in [-0.25, -0.2) is 9.78 Å². The van der Waals surface area contributed by atoms with Crippen molar-refractivity contribution in [2.75, 3.05) is 11.4 Å². The molecule has 1 saturated heterocycles. The van der Waals surface area contributed by atoms with Crippen molar-refractivity contribution in [3.63, 3.8) is 0 Å². The molecular weight excluding hydrogens is 374 g/mol. The lowest BCUT2D eigenvalue weighted by Crippen LogP contribution is -2.41. The van der Waals surface area contributed by atoms with Gasteiger partial charge in [0.25, 0.3) is 0 Å². The van der Waals surface area contributed by atoms with Crippen molar-refractivity contribution in [2.24, 2.45) is 0 Å². The van der Waals surface area contributed by atoms with E-state index < -0.39 is 5.60 Å². The minimum atomic E-state index is -0.537. The number of rotatable bonds is 5. The lowest BCUT2D eigenvalue weighted by molar-refractivity contribution is 0.0569. The van der Waals surface area contributed by atoms with Gasteiger partial charge in [-0.3, -0.25) is 9.80 Å². The fraction of sp³-hybridized carbons (Fsp3) is 0.520. The predicted molar refractivity (Wildman–Crippen MR) is 122 cm³/mol. The van der Waals surface area contributed by atoms with Crippen molar-refractivity contribution in [3.05, 3.63) is 59.8 Å². The fourth-order valence-corrected chi connectivity index (χ4v) is 3.99.